The van der Waals surface area contributed by atoms with Gasteiger partial charge in [0.1, 0.15) is 12.1 Å². The third-order valence-corrected chi connectivity index (χ3v) is 5.86. The number of urea groups is 1. The first-order chi connectivity index (χ1) is 14.6. The van der Waals surface area contributed by atoms with E-state index in [9.17, 15) is 14.4 Å². The highest BCUT2D eigenvalue weighted by Gasteiger charge is 2.49. The summed E-state index contributed by atoms with van der Waals surface area (Å²) in [6.07, 6.45) is 0. The van der Waals surface area contributed by atoms with Crippen LogP contribution in [0.1, 0.15) is 57.2 Å². The Labute approximate surface area is 184 Å². The molecule has 0 aromatic heterocycles. The average molecular weight is 422 g/mol. The van der Waals surface area contributed by atoms with Crippen LogP contribution in [0.2, 0.25) is 0 Å². The smallest absolute Gasteiger partial charge is 0.325 e. The van der Waals surface area contributed by atoms with Crippen molar-refractivity contribution in [3.8, 4) is 0 Å². The lowest BCUT2D eigenvalue weighted by Crippen LogP contribution is -2.46. The van der Waals surface area contributed by atoms with E-state index in [1.54, 1.807) is 11.8 Å². The van der Waals surface area contributed by atoms with Gasteiger partial charge in [-0.05, 0) is 43.4 Å². The Hall–Kier alpha value is -3.15. The van der Waals surface area contributed by atoms with E-state index in [0.29, 0.717) is 18.0 Å². The fraction of sp³-hybridized carbons (Fsp3) is 0.400. The van der Waals surface area contributed by atoms with E-state index in [2.05, 4.69) is 19.2 Å². The van der Waals surface area contributed by atoms with Crippen LogP contribution in [0.25, 0.3) is 0 Å². The molecule has 1 saturated heterocycles. The number of benzene rings is 2. The monoisotopic (exact) mass is 421 g/mol. The SMILES string of the molecule is CC(C)c1ccc(C2(C)NC(=O)N(CC(=O)N(Cc3ccccc3)C(C)C)C2=O)cc1. The topological polar surface area (TPSA) is 69.7 Å². The van der Waals surface area contributed by atoms with Crippen LogP contribution in [0.4, 0.5) is 4.79 Å². The van der Waals surface area contributed by atoms with Crippen molar-refractivity contribution in [1.29, 1.82) is 0 Å². The molecule has 3 rings (SSSR count). The zero-order chi connectivity index (χ0) is 22.8. The molecule has 1 unspecified atom stereocenters. The average Bonchev–Trinajstić information content (AvgIpc) is 2.96. The quantitative estimate of drug-likeness (QED) is 0.687. The summed E-state index contributed by atoms with van der Waals surface area (Å²) in [4.78, 5) is 41.6. The van der Waals surface area contributed by atoms with Gasteiger partial charge in [-0.2, -0.15) is 0 Å². The molecular weight excluding hydrogens is 390 g/mol. The molecule has 1 fully saturated rings. The van der Waals surface area contributed by atoms with Gasteiger partial charge >= 0.3 is 6.03 Å². The van der Waals surface area contributed by atoms with E-state index in [1.807, 2.05) is 68.4 Å². The molecule has 0 aliphatic carbocycles. The van der Waals surface area contributed by atoms with Gasteiger partial charge in [-0.25, -0.2) is 4.79 Å². The predicted octanol–water partition coefficient (Wildman–Crippen LogP) is 4.01. The Kier molecular flexibility index (Phi) is 6.48. The van der Waals surface area contributed by atoms with Crippen LogP contribution in [-0.2, 0) is 21.7 Å². The second-order valence-electron chi connectivity index (χ2n) is 8.82. The van der Waals surface area contributed by atoms with E-state index in [4.69, 9.17) is 0 Å². The first kappa shape index (κ1) is 22.5. The maximum absolute atomic E-state index is 13.2. The molecule has 2 aromatic carbocycles. The second kappa shape index (κ2) is 8.92. The van der Waals surface area contributed by atoms with Crippen molar-refractivity contribution in [2.24, 2.45) is 0 Å². The molecule has 0 saturated carbocycles. The van der Waals surface area contributed by atoms with Crippen LogP contribution < -0.4 is 5.32 Å². The fourth-order valence-corrected chi connectivity index (χ4v) is 3.80. The van der Waals surface area contributed by atoms with Gasteiger partial charge < -0.3 is 10.2 Å². The second-order valence-corrected chi connectivity index (χ2v) is 8.82. The maximum atomic E-state index is 13.2. The molecule has 1 aliphatic rings. The Bertz CT molecular complexity index is 954. The Morgan fingerprint density at radius 3 is 2.16 bits per heavy atom. The maximum Gasteiger partial charge on any atom is 0.325 e. The van der Waals surface area contributed by atoms with Gasteiger partial charge in [0.15, 0.2) is 0 Å². The van der Waals surface area contributed by atoms with Crippen molar-refractivity contribution >= 4 is 17.8 Å². The first-order valence-electron chi connectivity index (χ1n) is 10.7. The number of amides is 4. The van der Waals surface area contributed by atoms with Crippen molar-refractivity contribution in [3.63, 3.8) is 0 Å². The van der Waals surface area contributed by atoms with E-state index in [1.165, 1.54) is 0 Å². The lowest BCUT2D eigenvalue weighted by Gasteiger charge is -2.28. The number of hydrogen-bond acceptors (Lipinski definition) is 3. The molecule has 1 atom stereocenters. The van der Waals surface area contributed by atoms with Gasteiger partial charge in [-0.3, -0.25) is 14.5 Å². The predicted molar refractivity (Wildman–Crippen MR) is 120 cm³/mol. The Balaban J connectivity index is 1.77. The first-order valence-corrected chi connectivity index (χ1v) is 10.7. The molecule has 6 heteroatoms. The highest BCUT2D eigenvalue weighted by molar-refractivity contribution is 6.09. The number of carbonyl (C=O) groups excluding carboxylic acids is 3. The molecule has 1 aliphatic heterocycles. The van der Waals surface area contributed by atoms with Gasteiger partial charge in [-0.1, -0.05) is 68.4 Å². The summed E-state index contributed by atoms with van der Waals surface area (Å²) in [7, 11) is 0. The molecule has 0 spiro atoms. The summed E-state index contributed by atoms with van der Waals surface area (Å²) in [6, 6.07) is 16.7. The van der Waals surface area contributed by atoms with E-state index < -0.39 is 17.5 Å². The Morgan fingerprint density at radius 2 is 1.61 bits per heavy atom. The van der Waals surface area contributed by atoms with Crippen LogP contribution >= 0.6 is 0 Å². The minimum Gasteiger partial charge on any atom is -0.334 e. The summed E-state index contributed by atoms with van der Waals surface area (Å²) in [6.45, 7) is 9.88. The number of imide groups is 1. The molecule has 4 amide bonds. The van der Waals surface area contributed by atoms with Crippen LogP contribution in [0.3, 0.4) is 0 Å². The van der Waals surface area contributed by atoms with Crippen molar-refractivity contribution in [2.45, 2.75) is 58.7 Å². The highest BCUT2D eigenvalue weighted by Crippen LogP contribution is 2.30. The zero-order valence-corrected chi connectivity index (χ0v) is 18.9. The minimum atomic E-state index is -1.19. The summed E-state index contributed by atoms with van der Waals surface area (Å²) in [5, 5.41) is 2.79. The standard InChI is InChI=1S/C25H31N3O3/c1-17(2)20-11-13-21(14-12-20)25(5)23(30)28(24(31)26-25)16-22(29)27(18(3)4)15-19-9-7-6-8-10-19/h6-14,17-18H,15-16H2,1-5H3,(H,26,31). The van der Waals surface area contributed by atoms with Gasteiger partial charge in [0.05, 0.1) is 0 Å². The number of nitrogens with one attached hydrogen (secondary N) is 1. The number of rotatable bonds is 7. The van der Waals surface area contributed by atoms with Crippen molar-refractivity contribution in [1.82, 2.24) is 15.1 Å². The third-order valence-electron chi connectivity index (χ3n) is 5.86. The molecular formula is C25H31N3O3. The number of carbonyl (C=O) groups is 3. The fourth-order valence-electron chi connectivity index (χ4n) is 3.80. The van der Waals surface area contributed by atoms with Gasteiger partial charge in [0.25, 0.3) is 5.91 Å². The Morgan fingerprint density at radius 1 is 1.00 bits per heavy atom. The minimum absolute atomic E-state index is 0.0663. The summed E-state index contributed by atoms with van der Waals surface area (Å²) < 4.78 is 0. The normalized spacial score (nSPS) is 18.6. The van der Waals surface area contributed by atoms with Crippen LogP contribution in [0.15, 0.2) is 54.6 Å². The number of nitrogens with zero attached hydrogens (tertiary/aromatic N) is 2. The van der Waals surface area contributed by atoms with E-state index in [-0.39, 0.29) is 18.5 Å². The summed E-state index contributed by atoms with van der Waals surface area (Å²) in [5.41, 5.74) is 1.67. The lowest BCUT2D eigenvalue weighted by atomic mass is 9.90. The molecule has 0 radical (unpaired) electrons. The van der Waals surface area contributed by atoms with Gasteiger partial charge in [-0.15, -0.1) is 0 Å². The van der Waals surface area contributed by atoms with Gasteiger partial charge in [0.2, 0.25) is 5.91 Å². The molecule has 164 valence electrons. The van der Waals surface area contributed by atoms with Crippen LogP contribution in [0, 0.1) is 0 Å². The lowest BCUT2D eigenvalue weighted by molar-refractivity contribution is -0.140. The van der Waals surface area contributed by atoms with Crippen molar-refractivity contribution in [3.05, 3.63) is 71.3 Å². The zero-order valence-electron chi connectivity index (χ0n) is 18.9. The van der Waals surface area contributed by atoms with Crippen LogP contribution in [0.5, 0.6) is 0 Å². The molecule has 2 aromatic rings. The number of hydrogen-bond donors (Lipinski definition) is 1. The van der Waals surface area contributed by atoms with E-state index >= 15 is 0 Å². The molecule has 1 N–H and O–H groups in total. The van der Waals surface area contributed by atoms with Gasteiger partial charge in [0, 0.05) is 12.6 Å². The molecule has 1 heterocycles. The van der Waals surface area contributed by atoms with Crippen molar-refractivity contribution in [2.75, 3.05) is 6.54 Å². The molecule has 31 heavy (non-hydrogen) atoms. The highest BCUT2D eigenvalue weighted by atomic mass is 16.2. The van der Waals surface area contributed by atoms with Crippen molar-refractivity contribution < 1.29 is 14.4 Å². The molecule has 0 bridgehead atoms. The molecule has 6 nitrogen and oxygen atoms in total. The summed E-state index contributed by atoms with van der Waals surface area (Å²) >= 11 is 0. The third kappa shape index (κ3) is 4.63. The van der Waals surface area contributed by atoms with Crippen LogP contribution in [-0.4, -0.2) is 40.2 Å². The summed E-state index contributed by atoms with van der Waals surface area (Å²) in [5.74, 6) is -0.301. The largest absolute Gasteiger partial charge is 0.334 e. The van der Waals surface area contributed by atoms with E-state index in [0.717, 1.165) is 16.0 Å².